The third-order valence-corrected chi connectivity index (χ3v) is 4.90. The molecule has 0 aliphatic rings. The minimum Gasteiger partial charge on any atom is -0.497 e. The number of nitrogens with zero attached hydrogens (tertiary/aromatic N) is 3. The van der Waals surface area contributed by atoms with Crippen molar-refractivity contribution < 1.29 is 4.74 Å². The van der Waals surface area contributed by atoms with Crippen LogP contribution >= 0.6 is 0 Å². The number of hydrogen-bond donors (Lipinski definition) is 1. The van der Waals surface area contributed by atoms with Gasteiger partial charge in [0, 0.05) is 40.9 Å². The number of nitrogens with two attached hydrogens (primary N) is 1. The lowest BCUT2D eigenvalue weighted by atomic mass is 9.93. The number of aromatic nitrogens is 3. The molecule has 0 saturated heterocycles. The number of hydrogen-bond acceptors (Lipinski definition) is 5. The lowest BCUT2D eigenvalue weighted by Gasteiger charge is -2.14. The van der Waals surface area contributed by atoms with E-state index in [0.717, 1.165) is 49.3 Å². The third kappa shape index (κ3) is 2.36. The summed E-state index contributed by atoms with van der Waals surface area (Å²) < 4.78 is 5.43. The fourth-order valence-electron chi connectivity index (χ4n) is 3.62. The van der Waals surface area contributed by atoms with Crippen molar-refractivity contribution in [1.29, 1.82) is 0 Å². The number of rotatable bonds is 2. The summed E-state index contributed by atoms with van der Waals surface area (Å²) in [5, 5.41) is 4.95. The molecule has 0 atom stereocenters. The zero-order valence-corrected chi connectivity index (χ0v) is 14.7. The average molecular weight is 352 g/mol. The molecular formula is C22H16N4O. The standard InChI is InChI=1S/C22H16N4O/c1-27-15-4-2-3-13(9-15)17-10-14-5-7-24-11-18(14)21-20(17)16-6-8-25-12-19(16)22(23)26-21/h2-12H,1H3,(H2,23,26). The molecule has 0 aliphatic heterocycles. The van der Waals surface area contributed by atoms with Crippen LogP contribution in [0.3, 0.4) is 0 Å². The molecule has 2 N–H and O–H groups in total. The molecule has 3 heterocycles. The summed E-state index contributed by atoms with van der Waals surface area (Å²) in [5.74, 6) is 1.28. The second-order valence-electron chi connectivity index (χ2n) is 6.39. The van der Waals surface area contributed by atoms with E-state index in [2.05, 4.69) is 22.1 Å². The summed E-state index contributed by atoms with van der Waals surface area (Å²) in [4.78, 5) is 13.2. The van der Waals surface area contributed by atoms with Crippen LogP contribution in [0.25, 0.3) is 43.6 Å². The Balaban J connectivity index is 2.03. The molecule has 5 nitrogen and oxygen atoms in total. The normalized spacial score (nSPS) is 11.3. The summed E-state index contributed by atoms with van der Waals surface area (Å²) in [5.41, 5.74) is 9.23. The van der Waals surface area contributed by atoms with Gasteiger partial charge in [-0.3, -0.25) is 9.97 Å². The van der Waals surface area contributed by atoms with Crippen LogP contribution in [0, 0.1) is 0 Å². The number of pyridine rings is 3. The third-order valence-electron chi connectivity index (χ3n) is 4.90. The summed E-state index contributed by atoms with van der Waals surface area (Å²) in [7, 11) is 1.67. The van der Waals surface area contributed by atoms with Crippen molar-refractivity contribution in [2.24, 2.45) is 0 Å². The van der Waals surface area contributed by atoms with Crippen LogP contribution in [0.2, 0.25) is 0 Å². The molecule has 5 heteroatoms. The Labute approximate surface area is 155 Å². The number of ether oxygens (including phenoxy) is 1. The van der Waals surface area contributed by atoms with Gasteiger partial charge in [0.2, 0.25) is 0 Å². The Hall–Kier alpha value is -3.73. The van der Waals surface area contributed by atoms with E-state index in [9.17, 15) is 0 Å². The van der Waals surface area contributed by atoms with Crippen LogP contribution < -0.4 is 10.5 Å². The summed E-state index contributed by atoms with van der Waals surface area (Å²) in [6.07, 6.45) is 7.17. The van der Waals surface area contributed by atoms with Crippen molar-refractivity contribution in [3.8, 4) is 16.9 Å². The van der Waals surface area contributed by atoms with Gasteiger partial charge in [-0.15, -0.1) is 0 Å². The zero-order chi connectivity index (χ0) is 18.4. The van der Waals surface area contributed by atoms with Crippen LogP contribution in [-0.4, -0.2) is 22.1 Å². The molecule has 5 rings (SSSR count). The van der Waals surface area contributed by atoms with Crippen molar-refractivity contribution in [3.63, 3.8) is 0 Å². The second kappa shape index (κ2) is 5.92. The Morgan fingerprint density at radius 2 is 1.70 bits per heavy atom. The number of methoxy groups -OCH3 is 1. The van der Waals surface area contributed by atoms with Gasteiger partial charge in [-0.1, -0.05) is 12.1 Å². The molecule has 3 aromatic heterocycles. The van der Waals surface area contributed by atoms with Gasteiger partial charge in [-0.05, 0) is 52.2 Å². The Morgan fingerprint density at radius 3 is 2.56 bits per heavy atom. The lowest BCUT2D eigenvalue weighted by molar-refractivity contribution is 0.415. The smallest absolute Gasteiger partial charge is 0.133 e. The van der Waals surface area contributed by atoms with Crippen molar-refractivity contribution in [1.82, 2.24) is 15.0 Å². The SMILES string of the molecule is COc1cccc(-c2cc3ccncc3c3nc(N)c4cnccc4c23)c1. The minimum absolute atomic E-state index is 0.471. The molecule has 130 valence electrons. The fourth-order valence-corrected chi connectivity index (χ4v) is 3.62. The number of anilines is 1. The maximum atomic E-state index is 6.26. The van der Waals surface area contributed by atoms with Crippen LogP contribution in [0.1, 0.15) is 0 Å². The largest absolute Gasteiger partial charge is 0.497 e. The Bertz CT molecular complexity index is 1330. The quantitative estimate of drug-likeness (QED) is 0.470. The van der Waals surface area contributed by atoms with Gasteiger partial charge in [0.15, 0.2) is 0 Å². The first-order chi connectivity index (χ1) is 13.3. The maximum Gasteiger partial charge on any atom is 0.133 e. The van der Waals surface area contributed by atoms with Crippen molar-refractivity contribution in [3.05, 3.63) is 67.3 Å². The average Bonchev–Trinajstić information content (AvgIpc) is 2.73. The highest BCUT2D eigenvalue weighted by Crippen LogP contribution is 2.39. The monoisotopic (exact) mass is 352 g/mol. The van der Waals surface area contributed by atoms with E-state index in [4.69, 9.17) is 15.5 Å². The van der Waals surface area contributed by atoms with Crippen LogP contribution in [0.15, 0.2) is 67.3 Å². The number of benzene rings is 2. The first-order valence-corrected chi connectivity index (χ1v) is 8.60. The van der Waals surface area contributed by atoms with Gasteiger partial charge in [0.1, 0.15) is 11.6 Å². The van der Waals surface area contributed by atoms with Crippen LogP contribution in [-0.2, 0) is 0 Å². The summed E-state index contributed by atoms with van der Waals surface area (Å²) in [6, 6.07) is 14.2. The Morgan fingerprint density at radius 1 is 0.889 bits per heavy atom. The zero-order valence-electron chi connectivity index (χ0n) is 14.7. The topological polar surface area (TPSA) is 73.9 Å². The second-order valence-corrected chi connectivity index (χ2v) is 6.39. The molecule has 0 fully saturated rings. The van der Waals surface area contributed by atoms with Crippen molar-refractivity contribution in [2.75, 3.05) is 12.8 Å². The molecule has 5 aromatic rings. The van der Waals surface area contributed by atoms with Gasteiger partial charge in [0.25, 0.3) is 0 Å². The van der Waals surface area contributed by atoms with Crippen LogP contribution in [0.5, 0.6) is 5.75 Å². The van der Waals surface area contributed by atoms with E-state index < -0.39 is 0 Å². The Kier molecular flexibility index (Phi) is 3.40. The molecule has 0 amide bonds. The van der Waals surface area contributed by atoms with Crippen LogP contribution in [0.4, 0.5) is 5.82 Å². The molecule has 0 bridgehead atoms. The maximum absolute atomic E-state index is 6.26. The lowest BCUT2D eigenvalue weighted by Crippen LogP contribution is -1.96. The van der Waals surface area contributed by atoms with Crippen molar-refractivity contribution in [2.45, 2.75) is 0 Å². The molecule has 27 heavy (non-hydrogen) atoms. The molecule has 0 spiro atoms. The highest BCUT2D eigenvalue weighted by Gasteiger charge is 2.15. The fraction of sp³-hybridized carbons (Fsp3) is 0.0455. The first-order valence-electron chi connectivity index (χ1n) is 8.60. The highest BCUT2D eigenvalue weighted by atomic mass is 16.5. The molecule has 0 saturated carbocycles. The molecule has 0 unspecified atom stereocenters. The predicted octanol–water partition coefficient (Wildman–Crippen LogP) is 4.59. The van der Waals surface area contributed by atoms with Crippen molar-refractivity contribution >= 4 is 38.3 Å². The molecular weight excluding hydrogens is 336 g/mol. The molecule has 0 aliphatic carbocycles. The van der Waals surface area contributed by atoms with E-state index in [-0.39, 0.29) is 0 Å². The molecule has 0 radical (unpaired) electrons. The van der Waals surface area contributed by atoms with Gasteiger partial charge in [-0.25, -0.2) is 4.98 Å². The molecule has 2 aromatic carbocycles. The van der Waals surface area contributed by atoms with E-state index in [1.54, 1.807) is 25.7 Å². The van der Waals surface area contributed by atoms with Gasteiger partial charge < -0.3 is 10.5 Å². The number of fused-ring (bicyclic) bond motifs is 5. The van der Waals surface area contributed by atoms with Gasteiger partial charge in [0.05, 0.1) is 12.6 Å². The number of nitrogen functional groups attached to an aromatic ring is 1. The first kappa shape index (κ1) is 15.5. The van der Waals surface area contributed by atoms with Gasteiger partial charge in [-0.2, -0.15) is 0 Å². The predicted molar refractivity (Wildman–Crippen MR) is 109 cm³/mol. The summed E-state index contributed by atoms with van der Waals surface area (Å²) >= 11 is 0. The highest BCUT2D eigenvalue weighted by molar-refractivity contribution is 6.22. The van der Waals surface area contributed by atoms with E-state index >= 15 is 0 Å². The van der Waals surface area contributed by atoms with E-state index in [1.807, 2.05) is 36.5 Å². The van der Waals surface area contributed by atoms with E-state index in [1.165, 1.54) is 0 Å². The van der Waals surface area contributed by atoms with E-state index in [0.29, 0.717) is 5.82 Å². The van der Waals surface area contributed by atoms with Gasteiger partial charge >= 0.3 is 0 Å². The minimum atomic E-state index is 0.471. The summed E-state index contributed by atoms with van der Waals surface area (Å²) in [6.45, 7) is 0.